The molecule has 0 heterocycles. The zero-order valence-electron chi connectivity index (χ0n) is 7.98. The third-order valence-corrected chi connectivity index (χ3v) is 1.89. The van der Waals surface area contributed by atoms with Gasteiger partial charge in [-0.2, -0.15) is 0 Å². The summed E-state index contributed by atoms with van der Waals surface area (Å²) >= 11 is 0. The van der Waals surface area contributed by atoms with Crippen molar-refractivity contribution in [3.05, 3.63) is 0 Å². The lowest BCUT2D eigenvalue weighted by molar-refractivity contribution is -0.129. The van der Waals surface area contributed by atoms with Crippen LogP contribution in [0.5, 0.6) is 0 Å². The van der Waals surface area contributed by atoms with Crippen LogP contribution in [0, 0.1) is 11.3 Å². The molecule has 0 aliphatic carbocycles. The van der Waals surface area contributed by atoms with Gasteiger partial charge in [-0.25, -0.2) is 0 Å². The summed E-state index contributed by atoms with van der Waals surface area (Å²) < 4.78 is 0. The summed E-state index contributed by atoms with van der Waals surface area (Å²) in [6.45, 7) is 7.82. The maximum Gasteiger partial charge on any atom is 0.140 e. The fourth-order valence-electron chi connectivity index (χ4n) is 1.07. The number of rotatable bonds is 3. The Kier molecular flexibility index (Phi) is 3.84. The van der Waals surface area contributed by atoms with Gasteiger partial charge >= 0.3 is 0 Å². The molecule has 0 amide bonds. The molecule has 0 aliphatic heterocycles. The van der Waals surface area contributed by atoms with Crippen LogP contribution >= 0.6 is 0 Å². The first-order valence-corrected chi connectivity index (χ1v) is 4.17. The number of carbonyl (C=O) groups excluding carboxylic acids is 1. The quantitative estimate of drug-likeness (QED) is 0.566. The van der Waals surface area contributed by atoms with Crippen LogP contribution in [0.3, 0.4) is 0 Å². The summed E-state index contributed by atoms with van der Waals surface area (Å²) in [4.78, 5) is 11.5. The Morgan fingerprint density at radius 3 is 2.00 bits per heavy atom. The average molecular weight is 152 g/mol. The summed E-state index contributed by atoms with van der Waals surface area (Å²) in [7, 11) is 5.46. The van der Waals surface area contributed by atoms with Crippen molar-refractivity contribution in [1.82, 2.24) is 0 Å². The van der Waals surface area contributed by atoms with Crippen LogP contribution in [0.2, 0.25) is 6.32 Å². The number of hydrogen-bond donors (Lipinski definition) is 0. The molecule has 0 aromatic heterocycles. The molecular weight excluding hydrogens is 135 g/mol. The molecule has 2 radical (unpaired) electrons. The molecule has 0 saturated heterocycles. The van der Waals surface area contributed by atoms with Crippen molar-refractivity contribution in [2.45, 2.75) is 40.4 Å². The molecular formula is C9H17BO. The van der Waals surface area contributed by atoms with Crippen molar-refractivity contribution in [3.8, 4) is 0 Å². The lowest BCUT2D eigenvalue weighted by Gasteiger charge is -2.22. The van der Waals surface area contributed by atoms with Crippen molar-refractivity contribution < 1.29 is 4.79 Å². The van der Waals surface area contributed by atoms with E-state index in [1.807, 2.05) is 27.7 Å². The zero-order valence-corrected chi connectivity index (χ0v) is 7.98. The molecule has 0 aromatic carbocycles. The highest BCUT2D eigenvalue weighted by atomic mass is 16.1. The van der Waals surface area contributed by atoms with E-state index in [0.29, 0.717) is 6.32 Å². The molecule has 0 saturated carbocycles. The molecule has 0 aliphatic rings. The Hall–Kier alpha value is -0.265. The van der Waals surface area contributed by atoms with Gasteiger partial charge in [0.1, 0.15) is 5.78 Å². The number of carbonyl (C=O) groups is 1. The van der Waals surface area contributed by atoms with Crippen LogP contribution in [-0.2, 0) is 4.79 Å². The van der Waals surface area contributed by atoms with Gasteiger partial charge in [0.05, 0.1) is 7.85 Å². The van der Waals surface area contributed by atoms with Gasteiger partial charge in [-0.05, 0) is 6.42 Å². The van der Waals surface area contributed by atoms with E-state index in [0.717, 1.165) is 6.42 Å². The Morgan fingerprint density at radius 1 is 1.45 bits per heavy atom. The largest absolute Gasteiger partial charge is 0.299 e. The van der Waals surface area contributed by atoms with Crippen LogP contribution in [-0.4, -0.2) is 13.6 Å². The van der Waals surface area contributed by atoms with Gasteiger partial charge in [-0.15, -0.1) is 0 Å². The smallest absolute Gasteiger partial charge is 0.140 e. The van der Waals surface area contributed by atoms with E-state index in [1.165, 1.54) is 0 Å². The topological polar surface area (TPSA) is 17.1 Å². The Balaban J connectivity index is 4.22. The molecule has 2 heteroatoms. The Morgan fingerprint density at radius 2 is 1.91 bits per heavy atom. The second-order valence-electron chi connectivity index (χ2n) is 3.96. The summed E-state index contributed by atoms with van der Waals surface area (Å²) in [6.07, 6.45) is 1.33. The maximum absolute atomic E-state index is 11.5. The van der Waals surface area contributed by atoms with Crippen LogP contribution in [0.1, 0.15) is 34.1 Å². The van der Waals surface area contributed by atoms with Gasteiger partial charge in [0.25, 0.3) is 0 Å². The maximum atomic E-state index is 11.5. The summed E-state index contributed by atoms with van der Waals surface area (Å²) in [6, 6.07) is 0. The molecule has 1 unspecified atom stereocenters. The number of Topliss-reactive ketones (excluding diaryl/α,β-unsaturated/α-hetero) is 1. The van der Waals surface area contributed by atoms with Gasteiger partial charge < -0.3 is 0 Å². The minimum Gasteiger partial charge on any atom is -0.299 e. The minimum absolute atomic E-state index is 0.0509. The normalized spacial score (nSPS) is 14.5. The lowest BCUT2D eigenvalue weighted by Crippen LogP contribution is -2.27. The highest BCUT2D eigenvalue weighted by Crippen LogP contribution is 2.23. The predicted octanol–water partition coefficient (Wildman–Crippen LogP) is 2.21. The van der Waals surface area contributed by atoms with Gasteiger partial charge in [-0.3, -0.25) is 4.79 Å². The van der Waals surface area contributed by atoms with E-state index in [1.54, 1.807) is 0 Å². The van der Waals surface area contributed by atoms with Crippen molar-refractivity contribution in [1.29, 1.82) is 0 Å². The van der Waals surface area contributed by atoms with Gasteiger partial charge in [0.15, 0.2) is 0 Å². The first-order valence-electron chi connectivity index (χ1n) is 4.17. The zero-order chi connectivity index (χ0) is 9.07. The first-order chi connectivity index (χ1) is 4.93. The van der Waals surface area contributed by atoms with Crippen LogP contribution in [0.15, 0.2) is 0 Å². The van der Waals surface area contributed by atoms with Crippen LogP contribution in [0.25, 0.3) is 0 Å². The number of ketones is 1. The third kappa shape index (κ3) is 3.09. The molecule has 0 aromatic rings. The van der Waals surface area contributed by atoms with Gasteiger partial charge in [0, 0.05) is 11.3 Å². The van der Waals surface area contributed by atoms with Crippen LogP contribution in [0.4, 0.5) is 0 Å². The van der Waals surface area contributed by atoms with Crippen molar-refractivity contribution in [2.75, 3.05) is 0 Å². The van der Waals surface area contributed by atoms with Crippen molar-refractivity contribution >= 4 is 13.6 Å². The second-order valence-corrected chi connectivity index (χ2v) is 3.96. The molecule has 0 bridgehead atoms. The molecule has 1 nitrogen and oxygen atoms in total. The highest BCUT2D eigenvalue weighted by Gasteiger charge is 2.26. The minimum atomic E-state index is -0.236. The van der Waals surface area contributed by atoms with E-state index >= 15 is 0 Å². The molecule has 0 rings (SSSR count). The molecule has 1 atom stereocenters. The van der Waals surface area contributed by atoms with E-state index in [-0.39, 0.29) is 17.1 Å². The van der Waals surface area contributed by atoms with E-state index in [9.17, 15) is 4.79 Å². The average Bonchev–Trinajstić information content (AvgIpc) is 1.88. The third-order valence-electron chi connectivity index (χ3n) is 1.89. The standard InChI is InChI=1S/C9H17BO/c1-5-7(6-10)8(11)9(2,3)4/h7H,5-6H2,1-4H3. The monoisotopic (exact) mass is 152 g/mol. The molecule has 62 valence electrons. The van der Waals surface area contributed by atoms with E-state index in [2.05, 4.69) is 0 Å². The van der Waals surface area contributed by atoms with E-state index in [4.69, 9.17) is 7.85 Å². The molecule has 11 heavy (non-hydrogen) atoms. The Bertz CT molecular complexity index is 131. The molecule has 0 N–H and O–H groups in total. The summed E-state index contributed by atoms with van der Waals surface area (Å²) in [5.74, 6) is 0.331. The SMILES string of the molecule is [B]CC(CC)C(=O)C(C)(C)C. The summed E-state index contributed by atoms with van der Waals surface area (Å²) in [5, 5.41) is 0. The molecule has 0 spiro atoms. The Labute approximate surface area is 71.0 Å². The van der Waals surface area contributed by atoms with Gasteiger partial charge in [-0.1, -0.05) is 34.0 Å². The molecule has 0 fully saturated rings. The highest BCUT2D eigenvalue weighted by molar-refractivity contribution is 6.10. The van der Waals surface area contributed by atoms with Gasteiger partial charge in [0.2, 0.25) is 0 Å². The summed E-state index contributed by atoms with van der Waals surface area (Å²) in [5.41, 5.74) is -0.236. The van der Waals surface area contributed by atoms with Crippen LogP contribution < -0.4 is 0 Å². The second kappa shape index (κ2) is 3.94. The van der Waals surface area contributed by atoms with E-state index < -0.39 is 0 Å². The first kappa shape index (κ1) is 10.7. The van der Waals surface area contributed by atoms with Crippen molar-refractivity contribution in [2.24, 2.45) is 11.3 Å². The fraction of sp³-hybridized carbons (Fsp3) is 0.889. The number of hydrogen-bond acceptors (Lipinski definition) is 1. The predicted molar refractivity (Wildman–Crippen MR) is 48.8 cm³/mol. The van der Waals surface area contributed by atoms with Crippen molar-refractivity contribution in [3.63, 3.8) is 0 Å². The fourth-order valence-corrected chi connectivity index (χ4v) is 1.07. The lowest BCUT2D eigenvalue weighted by atomic mass is 9.76.